The number of ether oxygens (including phenoxy) is 1. The zero-order chi connectivity index (χ0) is 15.5. The maximum atomic E-state index is 9.22. The highest BCUT2D eigenvalue weighted by Gasteiger charge is 2.07. The van der Waals surface area contributed by atoms with E-state index in [-0.39, 0.29) is 6.61 Å². The van der Waals surface area contributed by atoms with Crippen molar-refractivity contribution in [1.82, 2.24) is 5.32 Å². The number of aryl methyl sites for hydroxylation is 1. The van der Waals surface area contributed by atoms with Crippen LogP contribution in [0.1, 0.15) is 30.9 Å². The van der Waals surface area contributed by atoms with E-state index in [0.29, 0.717) is 6.54 Å². The summed E-state index contributed by atoms with van der Waals surface area (Å²) < 4.78 is 5.03. The van der Waals surface area contributed by atoms with Crippen molar-refractivity contribution in [1.29, 1.82) is 0 Å². The van der Waals surface area contributed by atoms with Crippen molar-refractivity contribution in [3.05, 3.63) is 29.3 Å². The lowest BCUT2D eigenvalue weighted by Gasteiger charge is -2.25. The Hall–Kier alpha value is -1.10. The van der Waals surface area contributed by atoms with E-state index >= 15 is 0 Å². The molecule has 1 aromatic carbocycles. The number of aliphatic hydroxyl groups excluding tert-OH is 1. The standard InChI is InChI=1S/C17H30N2O2/c1-4-5-9-19(10-11-20)17-7-6-16(15(2)13-17)14-18-8-12-21-3/h6-7,13,18,20H,4-5,8-12,14H2,1-3H3. The summed E-state index contributed by atoms with van der Waals surface area (Å²) in [6.07, 6.45) is 2.32. The molecule has 4 heteroatoms. The highest BCUT2D eigenvalue weighted by atomic mass is 16.5. The summed E-state index contributed by atoms with van der Waals surface area (Å²) in [5, 5.41) is 12.6. The highest BCUT2D eigenvalue weighted by Crippen LogP contribution is 2.19. The molecule has 0 aliphatic heterocycles. The molecule has 0 unspecified atom stereocenters. The molecule has 0 saturated heterocycles. The van der Waals surface area contributed by atoms with Crippen LogP contribution in [-0.4, -0.2) is 45.1 Å². The summed E-state index contributed by atoms with van der Waals surface area (Å²) in [6, 6.07) is 6.56. The van der Waals surface area contributed by atoms with E-state index in [1.54, 1.807) is 7.11 Å². The fourth-order valence-corrected chi connectivity index (χ4v) is 2.31. The second kappa shape index (κ2) is 10.6. The van der Waals surface area contributed by atoms with Gasteiger partial charge in [0.2, 0.25) is 0 Å². The molecule has 1 rings (SSSR count). The van der Waals surface area contributed by atoms with E-state index in [1.807, 2.05) is 0 Å². The van der Waals surface area contributed by atoms with Gasteiger partial charge >= 0.3 is 0 Å². The zero-order valence-electron chi connectivity index (χ0n) is 13.7. The van der Waals surface area contributed by atoms with Crippen LogP contribution in [0.2, 0.25) is 0 Å². The second-order valence-corrected chi connectivity index (χ2v) is 5.34. The molecule has 1 aromatic rings. The smallest absolute Gasteiger partial charge is 0.0606 e. The SMILES string of the molecule is CCCCN(CCO)c1ccc(CNCCOC)c(C)c1. The molecule has 0 heterocycles. The Morgan fingerprint density at radius 2 is 2.10 bits per heavy atom. The highest BCUT2D eigenvalue weighted by molar-refractivity contribution is 5.50. The fraction of sp³-hybridized carbons (Fsp3) is 0.647. The maximum absolute atomic E-state index is 9.22. The molecule has 0 amide bonds. The maximum Gasteiger partial charge on any atom is 0.0606 e. The van der Waals surface area contributed by atoms with E-state index in [9.17, 15) is 5.11 Å². The molecule has 0 spiro atoms. The Morgan fingerprint density at radius 3 is 2.71 bits per heavy atom. The van der Waals surface area contributed by atoms with Crippen LogP contribution in [0.25, 0.3) is 0 Å². The fourth-order valence-electron chi connectivity index (χ4n) is 2.31. The van der Waals surface area contributed by atoms with Crippen molar-refractivity contribution in [3.63, 3.8) is 0 Å². The Morgan fingerprint density at radius 1 is 1.29 bits per heavy atom. The van der Waals surface area contributed by atoms with Gasteiger partial charge in [-0.05, 0) is 36.6 Å². The molecule has 0 atom stereocenters. The summed E-state index contributed by atoms with van der Waals surface area (Å²) in [4.78, 5) is 2.26. The quantitative estimate of drug-likeness (QED) is 0.615. The molecule has 0 aliphatic carbocycles. The van der Waals surface area contributed by atoms with Crippen LogP contribution in [0.5, 0.6) is 0 Å². The number of methoxy groups -OCH3 is 1. The summed E-state index contributed by atoms with van der Waals surface area (Å²) in [7, 11) is 1.72. The number of rotatable bonds is 11. The normalized spacial score (nSPS) is 10.9. The van der Waals surface area contributed by atoms with Crippen molar-refractivity contribution in [2.75, 3.05) is 44.9 Å². The van der Waals surface area contributed by atoms with E-state index in [4.69, 9.17) is 4.74 Å². The van der Waals surface area contributed by atoms with E-state index in [2.05, 4.69) is 42.3 Å². The van der Waals surface area contributed by atoms with E-state index in [1.165, 1.54) is 23.2 Å². The first kappa shape index (κ1) is 18.0. The number of aliphatic hydroxyl groups is 1. The number of hydrogen-bond acceptors (Lipinski definition) is 4. The zero-order valence-corrected chi connectivity index (χ0v) is 13.7. The molecule has 0 aromatic heterocycles. The van der Waals surface area contributed by atoms with E-state index in [0.717, 1.165) is 32.7 Å². The predicted molar refractivity (Wildman–Crippen MR) is 89.0 cm³/mol. The van der Waals surface area contributed by atoms with Gasteiger partial charge in [0.1, 0.15) is 0 Å². The summed E-state index contributed by atoms with van der Waals surface area (Å²) in [5.41, 5.74) is 3.81. The van der Waals surface area contributed by atoms with Crippen LogP contribution < -0.4 is 10.2 Å². The first-order chi connectivity index (χ1) is 10.2. The number of nitrogens with one attached hydrogen (secondary N) is 1. The average molecular weight is 294 g/mol. The van der Waals surface area contributed by atoms with Gasteiger partial charge in [-0.15, -0.1) is 0 Å². The molecule has 0 fully saturated rings. The molecule has 21 heavy (non-hydrogen) atoms. The lowest BCUT2D eigenvalue weighted by Crippen LogP contribution is -2.28. The van der Waals surface area contributed by atoms with Gasteiger partial charge in [-0.3, -0.25) is 0 Å². The molecule has 2 N–H and O–H groups in total. The summed E-state index contributed by atoms with van der Waals surface area (Å²) in [5.74, 6) is 0. The van der Waals surface area contributed by atoms with Crippen LogP contribution >= 0.6 is 0 Å². The van der Waals surface area contributed by atoms with Gasteiger partial charge in [0.15, 0.2) is 0 Å². The van der Waals surface area contributed by atoms with Crippen LogP contribution in [0.3, 0.4) is 0 Å². The van der Waals surface area contributed by atoms with Crippen molar-refractivity contribution in [3.8, 4) is 0 Å². The third-order valence-corrected chi connectivity index (χ3v) is 3.64. The Labute approximate surface area is 129 Å². The first-order valence-corrected chi connectivity index (χ1v) is 7.88. The number of anilines is 1. The Kier molecular flexibility index (Phi) is 9.06. The summed E-state index contributed by atoms with van der Waals surface area (Å²) in [6.45, 7) is 8.70. The first-order valence-electron chi connectivity index (χ1n) is 7.88. The largest absolute Gasteiger partial charge is 0.395 e. The van der Waals surface area contributed by atoms with Crippen LogP contribution in [0.4, 0.5) is 5.69 Å². The topological polar surface area (TPSA) is 44.7 Å². The molecule has 0 aliphatic rings. The minimum Gasteiger partial charge on any atom is -0.395 e. The average Bonchev–Trinajstić information content (AvgIpc) is 2.49. The Balaban J connectivity index is 2.65. The minimum absolute atomic E-state index is 0.198. The van der Waals surface area contributed by atoms with Crippen molar-refractivity contribution < 1.29 is 9.84 Å². The van der Waals surface area contributed by atoms with Gasteiger partial charge < -0.3 is 20.1 Å². The third-order valence-electron chi connectivity index (χ3n) is 3.64. The number of nitrogens with zero attached hydrogens (tertiary/aromatic N) is 1. The van der Waals surface area contributed by atoms with Crippen LogP contribution in [0, 0.1) is 6.92 Å². The van der Waals surface area contributed by atoms with E-state index < -0.39 is 0 Å². The number of benzene rings is 1. The lowest BCUT2D eigenvalue weighted by molar-refractivity contribution is 0.199. The van der Waals surface area contributed by atoms with Crippen molar-refractivity contribution >= 4 is 5.69 Å². The van der Waals surface area contributed by atoms with Gasteiger partial charge in [0.05, 0.1) is 13.2 Å². The van der Waals surface area contributed by atoms with Gasteiger partial charge in [-0.1, -0.05) is 19.4 Å². The van der Waals surface area contributed by atoms with Crippen molar-refractivity contribution in [2.24, 2.45) is 0 Å². The molecule has 120 valence electrons. The molecule has 0 saturated carbocycles. The van der Waals surface area contributed by atoms with Crippen LogP contribution in [0.15, 0.2) is 18.2 Å². The molecule has 4 nitrogen and oxygen atoms in total. The monoisotopic (exact) mass is 294 g/mol. The minimum atomic E-state index is 0.198. The van der Waals surface area contributed by atoms with Gasteiger partial charge in [-0.25, -0.2) is 0 Å². The summed E-state index contributed by atoms with van der Waals surface area (Å²) >= 11 is 0. The number of hydrogen-bond donors (Lipinski definition) is 2. The predicted octanol–water partition coefficient (Wildman–Crippen LogP) is 2.33. The molecule has 0 radical (unpaired) electrons. The lowest BCUT2D eigenvalue weighted by atomic mass is 10.1. The van der Waals surface area contributed by atoms with Gasteiger partial charge in [0.25, 0.3) is 0 Å². The second-order valence-electron chi connectivity index (χ2n) is 5.34. The van der Waals surface area contributed by atoms with Gasteiger partial charge in [-0.2, -0.15) is 0 Å². The molecular formula is C17H30N2O2. The van der Waals surface area contributed by atoms with Crippen LogP contribution in [-0.2, 0) is 11.3 Å². The molecular weight excluding hydrogens is 264 g/mol. The van der Waals surface area contributed by atoms with Crippen molar-refractivity contribution in [2.45, 2.75) is 33.2 Å². The number of unbranched alkanes of at least 4 members (excludes halogenated alkanes) is 1. The van der Waals surface area contributed by atoms with Gasteiger partial charge in [0, 0.05) is 39.0 Å². The third kappa shape index (κ3) is 6.46. The molecule has 0 bridgehead atoms. The Bertz CT molecular complexity index is 396.